The van der Waals surface area contributed by atoms with E-state index in [1.165, 1.54) is 17.7 Å². The summed E-state index contributed by atoms with van der Waals surface area (Å²) in [5, 5.41) is 23.7. The number of carbonyl (C=O) groups is 1. The SMILES string of the molecule is CCC(Oc1ccc(C(C)(C)CC)cc1C(C)(C)CC)C(=O)Nc1cc([N+](=O)[O-])ccc1O. The molecular weight excluding hydrogens is 420 g/mol. The van der Waals surface area contributed by atoms with Crippen LogP contribution in [0.3, 0.4) is 0 Å². The minimum absolute atomic E-state index is 0.0121. The molecule has 7 heteroatoms. The van der Waals surface area contributed by atoms with E-state index in [2.05, 4.69) is 52.9 Å². The Hall–Kier alpha value is -3.09. The number of non-ortho nitro benzene ring substituents is 1. The van der Waals surface area contributed by atoms with Gasteiger partial charge in [0.25, 0.3) is 11.6 Å². The quantitative estimate of drug-likeness (QED) is 0.242. The lowest BCUT2D eigenvalue weighted by Crippen LogP contribution is -2.33. The summed E-state index contributed by atoms with van der Waals surface area (Å²) < 4.78 is 6.21. The molecule has 0 aliphatic heterocycles. The van der Waals surface area contributed by atoms with Crippen molar-refractivity contribution in [1.82, 2.24) is 0 Å². The molecule has 2 aromatic rings. The number of hydrogen-bond donors (Lipinski definition) is 2. The molecule has 0 saturated carbocycles. The molecule has 0 bridgehead atoms. The number of benzene rings is 2. The summed E-state index contributed by atoms with van der Waals surface area (Å²) in [6.45, 7) is 14.8. The summed E-state index contributed by atoms with van der Waals surface area (Å²) in [5.41, 5.74) is 1.85. The zero-order chi connectivity index (χ0) is 25.0. The lowest BCUT2D eigenvalue weighted by atomic mass is 9.76. The summed E-state index contributed by atoms with van der Waals surface area (Å²) in [6.07, 6.45) is 1.44. The Bertz CT molecular complexity index is 1010. The summed E-state index contributed by atoms with van der Waals surface area (Å²) in [5.74, 6) is -0.0861. The van der Waals surface area contributed by atoms with Crippen molar-refractivity contribution in [3.8, 4) is 11.5 Å². The average molecular weight is 457 g/mol. The van der Waals surface area contributed by atoms with Crippen molar-refractivity contribution in [3.05, 3.63) is 57.6 Å². The minimum atomic E-state index is -0.833. The molecule has 0 aliphatic rings. The van der Waals surface area contributed by atoms with E-state index in [-0.39, 0.29) is 28.0 Å². The topological polar surface area (TPSA) is 102 Å². The predicted octanol–water partition coefficient (Wildman–Crippen LogP) is 6.47. The molecule has 1 unspecified atom stereocenters. The number of amides is 1. The number of nitro groups is 1. The van der Waals surface area contributed by atoms with Crippen molar-refractivity contribution >= 4 is 17.3 Å². The predicted molar refractivity (Wildman–Crippen MR) is 131 cm³/mol. The second-order valence-corrected chi connectivity index (χ2v) is 9.65. The van der Waals surface area contributed by atoms with Crippen LogP contribution in [0.25, 0.3) is 0 Å². The van der Waals surface area contributed by atoms with Gasteiger partial charge in [-0.05, 0) is 47.8 Å². The normalized spacial score (nSPS) is 12.8. The second kappa shape index (κ2) is 10.2. The highest BCUT2D eigenvalue weighted by atomic mass is 16.6. The summed E-state index contributed by atoms with van der Waals surface area (Å²) in [6, 6.07) is 9.65. The molecule has 2 N–H and O–H groups in total. The van der Waals surface area contributed by atoms with Crippen LogP contribution in [0.4, 0.5) is 11.4 Å². The van der Waals surface area contributed by atoms with E-state index >= 15 is 0 Å². The molecule has 0 saturated heterocycles. The molecule has 1 amide bonds. The van der Waals surface area contributed by atoms with Gasteiger partial charge in [-0.25, -0.2) is 0 Å². The molecule has 0 heterocycles. The number of nitrogens with zero attached hydrogens (tertiary/aromatic N) is 1. The molecule has 2 aromatic carbocycles. The zero-order valence-electron chi connectivity index (χ0n) is 20.7. The van der Waals surface area contributed by atoms with Gasteiger partial charge in [0, 0.05) is 17.7 Å². The van der Waals surface area contributed by atoms with E-state index < -0.39 is 16.9 Å². The van der Waals surface area contributed by atoms with Gasteiger partial charge in [0.1, 0.15) is 11.5 Å². The Kier molecular flexibility index (Phi) is 8.11. The van der Waals surface area contributed by atoms with E-state index in [0.717, 1.165) is 24.5 Å². The molecule has 0 spiro atoms. The molecule has 7 nitrogen and oxygen atoms in total. The first-order valence-corrected chi connectivity index (χ1v) is 11.5. The highest BCUT2D eigenvalue weighted by molar-refractivity contribution is 5.96. The first kappa shape index (κ1) is 26.2. The summed E-state index contributed by atoms with van der Waals surface area (Å²) in [7, 11) is 0. The third kappa shape index (κ3) is 6.03. The van der Waals surface area contributed by atoms with Crippen molar-refractivity contribution in [2.24, 2.45) is 0 Å². The van der Waals surface area contributed by atoms with E-state index in [9.17, 15) is 20.0 Å². The van der Waals surface area contributed by atoms with Crippen LogP contribution in [0.5, 0.6) is 11.5 Å². The number of hydrogen-bond acceptors (Lipinski definition) is 5. The molecular formula is C26H36N2O5. The third-order valence-corrected chi connectivity index (χ3v) is 6.64. The Morgan fingerprint density at radius 2 is 1.70 bits per heavy atom. The first-order chi connectivity index (χ1) is 15.4. The summed E-state index contributed by atoms with van der Waals surface area (Å²) in [4.78, 5) is 23.4. The number of phenolic OH excluding ortho intramolecular Hbond substituents is 1. The molecule has 0 radical (unpaired) electrons. The van der Waals surface area contributed by atoms with Gasteiger partial charge in [-0.1, -0.05) is 60.6 Å². The number of phenols is 1. The standard InChI is InChI=1S/C26H36N2O5/c1-8-22(24(30)27-20-16-18(28(31)32)12-13-21(20)29)33-23-14-11-17(25(4,5)9-2)15-19(23)26(6,7)10-3/h11-16,22,29H,8-10H2,1-7H3,(H,27,30). The number of carbonyl (C=O) groups excluding carboxylic acids is 1. The van der Waals surface area contributed by atoms with Crippen LogP contribution >= 0.6 is 0 Å². The van der Waals surface area contributed by atoms with Gasteiger partial charge in [-0.2, -0.15) is 0 Å². The zero-order valence-corrected chi connectivity index (χ0v) is 20.7. The number of anilines is 1. The van der Waals surface area contributed by atoms with Gasteiger partial charge < -0.3 is 15.2 Å². The lowest BCUT2D eigenvalue weighted by molar-refractivity contribution is -0.384. The Labute approximate surface area is 196 Å². The number of nitrogens with one attached hydrogen (secondary N) is 1. The smallest absolute Gasteiger partial charge is 0.271 e. The van der Waals surface area contributed by atoms with Crippen LogP contribution in [0.15, 0.2) is 36.4 Å². The van der Waals surface area contributed by atoms with Gasteiger partial charge in [-0.15, -0.1) is 0 Å². The van der Waals surface area contributed by atoms with Gasteiger partial charge in [0.15, 0.2) is 6.10 Å². The maximum absolute atomic E-state index is 13.0. The fourth-order valence-electron chi connectivity index (χ4n) is 3.40. The first-order valence-electron chi connectivity index (χ1n) is 11.5. The summed E-state index contributed by atoms with van der Waals surface area (Å²) >= 11 is 0. The molecule has 1 atom stereocenters. The fraction of sp³-hybridized carbons (Fsp3) is 0.500. The van der Waals surface area contributed by atoms with E-state index in [1.807, 2.05) is 19.1 Å². The van der Waals surface area contributed by atoms with Crippen molar-refractivity contribution in [2.75, 3.05) is 5.32 Å². The van der Waals surface area contributed by atoms with Crippen LogP contribution in [0.2, 0.25) is 0 Å². The maximum atomic E-state index is 13.0. The van der Waals surface area contributed by atoms with Crippen LogP contribution < -0.4 is 10.1 Å². The fourth-order valence-corrected chi connectivity index (χ4v) is 3.40. The van der Waals surface area contributed by atoms with Crippen molar-refractivity contribution in [1.29, 1.82) is 0 Å². The largest absolute Gasteiger partial charge is 0.506 e. The molecule has 0 aromatic heterocycles. The van der Waals surface area contributed by atoms with E-state index in [0.29, 0.717) is 12.2 Å². The lowest BCUT2D eigenvalue weighted by Gasteiger charge is -2.31. The number of nitro benzene ring substituents is 1. The number of aromatic hydroxyl groups is 1. The second-order valence-electron chi connectivity index (χ2n) is 9.65. The van der Waals surface area contributed by atoms with Crippen LogP contribution in [-0.4, -0.2) is 22.0 Å². The van der Waals surface area contributed by atoms with Crippen LogP contribution in [-0.2, 0) is 15.6 Å². The number of ether oxygens (including phenoxy) is 1. The molecule has 2 rings (SSSR count). The van der Waals surface area contributed by atoms with E-state index in [1.54, 1.807) is 0 Å². The average Bonchev–Trinajstić information content (AvgIpc) is 2.78. The van der Waals surface area contributed by atoms with Gasteiger partial charge >= 0.3 is 0 Å². The van der Waals surface area contributed by atoms with Crippen molar-refractivity contribution in [3.63, 3.8) is 0 Å². The Morgan fingerprint density at radius 3 is 2.24 bits per heavy atom. The van der Waals surface area contributed by atoms with Gasteiger partial charge in [0.2, 0.25) is 0 Å². The van der Waals surface area contributed by atoms with Crippen molar-refractivity contribution < 1.29 is 19.6 Å². The number of rotatable bonds is 10. The van der Waals surface area contributed by atoms with Crippen molar-refractivity contribution in [2.45, 2.75) is 84.7 Å². The third-order valence-electron chi connectivity index (χ3n) is 6.64. The van der Waals surface area contributed by atoms with Crippen LogP contribution in [0.1, 0.15) is 78.9 Å². The molecule has 33 heavy (non-hydrogen) atoms. The maximum Gasteiger partial charge on any atom is 0.271 e. The van der Waals surface area contributed by atoms with Gasteiger partial charge in [0.05, 0.1) is 10.6 Å². The monoisotopic (exact) mass is 456 g/mol. The van der Waals surface area contributed by atoms with E-state index in [4.69, 9.17) is 4.74 Å². The molecule has 180 valence electrons. The van der Waals surface area contributed by atoms with Crippen LogP contribution in [0, 0.1) is 10.1 Å². The van der Waals surface area contributed by atoms with Gasteiger partial charge in [-0.3, -0.25) is 14.9 Å². The highest BCUT2D eigenvalue weighted by Crippen LogP contribution is 2.39. The minimum Gasteiger partial charge on any atom is -0.506 e. The molecule has 0 aliphatic carbocycles. The Morgan fingerprint density at radius 1 is 1.06 bits per heavy atom. The Balaban J connectivity index is 2.38. The highest BCUT2D eigenvalue weighted by Gasteiger charge is 2.29. The molecule has 0 fully saturated rings.